The number of carboxylic acids is 1. The average Bonchev–Trinajstić information content (AvgIpc) is 2.12. The second kappa shape index (κ2) is 6.03. The van der Waals surface area contributed by atoms with Crippen molar-refractivity contribution in [3.63, 3.8) is 0 Å². The molecule has 0 aliphatic rings. The van der Waals surface area contributed by atoms with Gasteiger partial charge in [-0.25, -0.2) is 0 Å². The topological polar surface area (TPSA) is 57.6 Å². The summed E-state index contributed by atoms with van der Waals surface area (Å²) in [5.41, 5.74) is -0.999. The fraction of sp³-hybridized carbons (Fsp3) is 0.846. The summed E-state index contributed by atoms with van der Waals surface area (Å²) in [6.45, 7) is 11.8. The number of carbonyl (C=O) groups excluding carboxylic acids is 1. The van der Waals surface area contributed by atoms with Crippen LogP contribution < -0.4 is 0 Å². The van der Waals surface area contributed by atoms with Crippen LogP contribution >= 0.6 is 0 Å². The number of amides is 1. The van der Waals surface area contributed by atoms with E-state index in [0.29, 0.717) is 12.5 Å². The molecular weight excluding hydrogens is 218 g/mol. The van der Waals surface area contributed by atoms with Crippen LogP contribution in [0, 0.1) is 11.3 Å². The van der Waals surface area contributed by atoms with Gasteiger partial charge in [0.2, 0.25) is 5.91 Å². The number of nitrogens with zero attached hydrogens (tertiary/aromatic N) is 1. The summed E-state index contributed by atoms with van der Waals surface area (Å²) >= 11 is 0. The third-order valence-corrected chi connectivity index (χ3v) is 2.68. The molecule has 17 heavy (non-hydrogen) atoms. The van der Waals surface area contributed by atoms with Gasteiger partial charge in [0.15, 0.2) is 0 Å². The fourth-order valence-corrected chi connectivity index (χ4v) is 1.55. The van der Waals surface area contributed by atoms with E-state index in [9.17, 15) is 9.59 Å². The highest BCUT2D eigenvalue weighted by Gasteiger charge is 2.32. The standard InChI is InChI=1S/C13H25NO3/c1-9(2)8-14(10(3)4)11(15)7-13(5,6)12(16)17/h9-10H,7-8H2,1-6H3,(H,16,17). The SMILES string of the molecule is CC(C)CN(C(=O)CC(C)(C)C(=O)O)C(C)C. The largest absolute Gasteiger partial charge is 0.481 e. The maximum atomic E-state index is 12.1. The van der Waals surface area contributed by atoms with Gasteiger partial charge in [0, 0.05) is 19.0 Å². The predicted molar refractivity (Wildman–Crippen MR) is 67.7 cm³/mol. The van der Waals surface area contributed by atoms with Crippen molar-refractivity contribution in [3.05, 3.63) is 0 Å². The molecule has 0 aromatic heterocycles. The Balaban J connectivity index is 4.70. The van der Waals surface area contributed by atoms with Crippen molar-refractivity contribution < 1.29 is 14.7 Å². The summed E-state index contributed by atoms with van der Waals surface area (Å²) in [5, 5.41) is 9.02. The molecule has 0 saturated carbocycles. The first kappa shape index (κ1) is 15.9. The summed E-state index contributed by atoms with van der Waals surface area (Å²) in [6.07, 6.45) is 0.0488. The molecule has 0 heterocycles. The molecule has 0 aliphatic heterocycles. The van der Waals surface area contributed by atoms with Gasteiger partial charge < -0.3 is 10.0 Å². The molecule has 0 rings (SSSR count). The maximum absolute atomic E-state index is 12.1. The highest BCUT2D eigenvalue weighted by Crippen LogP contribution is 2.22. The van der Waals surface area contributed by atoms with E-state index in [-0.39, 0.29) is 18.4 Å². The van der Waals surface area contributed by atoms with Crippen molar-refractivity contribution >= 4 is 11.9 Å². The summed E-state index contributed by atoms with van der Waals surface area (Å²) < 4.78 is 0. The summed E-state index contributed by atoms with van der Waals surface area (Å²) in [5.74, 6) is -0.630. The first-order valence-electron chi connectivity index (χ1n) is 6.10. The van der Waals surface area contributed by atoms with Gasteiger partial charge in [-0.1, -0.05) is 13.8 Å². The minimum Gasteiger partial charge on any atom is -0.481 e. The van der Waals surface area contributed by atoms with Crippen LogP contribution in [0.2, 0.25) is 0 Å². The molecule has 100 valence electrons. The predicted octanol–water partition coefficient (Wildman–Crippen LogP) is 2.38. The molecule has 0 bridgehead atoms. The normalized spacial score (nSPS) is 12.0. The molecule has 1 amide bonds. The molecule has 0 aliphatic carbocycles. The van der Waals surface area contributed by atoms with Gasteiger partial charge in [0.1, 0.15) is 0 Å². The average molecular weight is 243 g/mol. The Labute approximate surface area is 104 Å². The quantitative estimate of drug-likeness (QED) is 0.779. The highest BCUT2D eigenvalue weighted by atomic mass is 16.4. The second-order valence-corrected chi connectivity index (χ2v) is 5.90. The van der Waals surface area contributed by atoms with Crippen LogP contribution in [-0.4, -0.2) is 34.5 Å². The Kier molecular flexibility index (Phi) is 5.66. The Morgan fingerprint density at radius 3 is 1.94 bits per heavy atom. The van der Waals surface area contributed by atoms with Gasteiger partial charge in [0.25, 0.3) is 0 Å². The minimum absolute atomic E-state index is 0.0488. The molecule has 1 N–H and O–H groups in total. The zero-order valence-corrected chi connectivity index (χ0v) is 11.8. The van der Waals surface area contributed by atoms with Crippen molar-refractivity contribution in [1.29, 1.82) is 0 Å². The summed E-state index contributed by atoms with van der Waals surface area (Å²) in [7, 11) is 0. The van der Waals surface area contributed by atoms with Crippen LogP contribution in [0.4, 0.5) is 0 Å². The molecule has 0 aromatic rings. The van der Waals surface area contributed by atoms with E-state index in [4.69, 9.17) is 5.11 Å². The molecule has 4 nitrogen and oxygen atoms in total. The van der Waals surface area contributed by atoms with Gasteiger partial charge >= 0.3 is 5.97 Å². The van der Waals surface area contributed by atoms with E-state index < -0.39 is 11.4 Å². The van der Waals surface area contributed by atoms with Crippen LogP contribution in [0.5, 0.6) is 0 Å². The second-order valence-electron chi connectivity index (χ2n) is 5.90. The van der Waals surface area contributed by atoms with Crippen LogP contribution in [0.3, 0.4) is 0 Å². The van der Waals surface area contributed by atoms with E-state index in [1.165, 1.54) is 0 Å². The first-order chi connectivity index (χ1) is 7.58. The Morgan fingerprint density at radius 1 is 1.18 bits per heavy atom. The van der Waals surface area contributed by atoms with Crippen LogP contribution in [0.25, 0.3) is 0 Å². The zero-order chi connectivity index (χ0) is 13.8. The lowest BCUT2D eigenvalue weighted by atomic mass is 9.88. The van der Waals surface area contributed by atoms with Gasteiger partial charge in [0.05, 0.1) is 5.41 Å². The Hall–Kier alpha value is -1.06. The number of rotatable bonds is 6. The minimum atomic E-state index is -0.999. The van der Waals surface area contributed by atoms with E-state index in [2.05, 4.69) is 0 Å². The van der Waals surface area contributed by atoms with Crippen LogP contribution in [0.15, 0.2) is 0 Å². The van der Waals surface area contributed by atoms with Crippen molar-refractivity contribution in [2.45, 2.75) is 54.0 Å². The number of hydrogen-bond acceptors (Lipinski definition) is 2. The molecule has 0 spiro atoms. The smallest absolute Gasteiger partial charge is 0.309 e. The van der Waals surface area contributed by atoms with E-state index >= 15 is 0 Å². The monoisotopic (exact) mass is 243 g/mol. The van der Waals surface area contributed by atoms with Crippen molar-refractivity contribution in [3.8, 4) is 0 Å². The Morgan fingerprint density at radius 2 is 1.65 bits per heavy atom. The molecule has 0 unspecified atom stereocenters. The van der Waals surface area contributed by atoms with Crippen molar-refractivity contribution in [2.24, 2.45) is 11.3 Å². The number of aliphatic carboxylic acids is 1. The lowest BCUT2D eigenvalue weighted by molar-refractivity contribution is -0.152. The third kappa shape index (κ3) is 5.20. The molecule has 4 heteroatoms. The lowest BCUT2D eigenvalue weighted by Gasteiger charge is -2.31. The van der Waals surface area contributed by atoms with Gasteiger partial charge in [-0.15, -0.1) is 0 Å². The number of hydrogen-bond donors (Lipinski definition) is 1. The molecule has 0 fully saturated rings. The third-order valence-electron chi connectivity index (χ3n) is 2.68. The van der Waals surface area contributed by atoms with Gasteiger partial charge in [-0.2, -0.15) is 0 Å². The maximum Gasteiger partial charge on any atom is 0.309 e. The lowest BCUT2D eigenvalue weighted by Crippen LogP contribution is -2.42. The molecule has 0 atom stereocenters. The molecule has 0 radical (unpaired) electrons. The number of carboxylic acid groups (broad SMARTS) is 1. The first-order valence-corrected chi connectivity index (χ1v) is 6.10. The van der Waals surface area contributed by atoms with Crippen molar-refractivity contribution in [1.82, 2.24) is 4.90 Å². The van der Waals surface area contributed by atoms with E-state index in [1.54, 1.807) is 18.7 Å². The summed E-state index contributed by atoms with van der Waals surface area (Å²) in [4.78, 5) is 24.9. The molecule has 0 saturated heterocycles. The summed E-state index contributed by atoms with van der Waals surface area (Å²) in [6, 6.07) is 0.106. The Bertz CT molecular complexity index is 282. The van der Waals surface area contributed by atoms with E-state index in [0.717, 1.165) is 0 Å². The van der Waals surface area contributed by atoms with Crippen LogP contribution in [0.1, 0.15) is 48.0 Å². The zero-order valence-electron chi connectivity index (χ0n) is 11.8. The van der Waals surface area contributed by atoms with Gasteiger partial charge in [-0.05, 0) is 33.6 Å². The number of carbonyl (C=O) groups is 2. The van der Waals surface area contributed by atoms with E-state index in [1.807, 2.05) is 27.7 Å². The van der Waals surface area contributed by atoms with Crippen LogP contribution in [-0.2, 0) is 9.59 Å². The fourth-order valence-electron chi connectivity index (χ4n) is 1.55. The van der Waals surface area contributed by atoms with Gasteiger partial charge in [-0.3, -0.25) is 9.59 Å². The van der Waals surface area contributed by atoms with Crippen molar-refractivity contribution in [2.75, 3.05) is 6.54 Å². The molecule has 0 aromatic carbocycles. The molecular formula is C13H25NO3. The highest BCUT2D eigenvalue weighted by molar-refractivity contribution is 5.84.